The molecule has 0 atom stereocenters. The molecule has 0 saturated carbocycles. The number of carbonyl (C=O) groups is 2. The van der Waals surface area contributed by atoms with Crippen molar-refractivity contribution in [3.8, 4) is 11.5 Å². The molecule has 0 bridgehead atoms. The maximum absolute atomic E-state index is 12.6. The normalized spacial score (nSPS) is 10.3. The topological polar surface area (TPSA) is 120 Å². The molecular formula is C18H16N4O4. The molecule has 0 spiro atoms. The van der Waals surface area contributed by atoms with Crippen molar-refractivity contribution in [3.63, 3.8) is 0 Å². The number of methoxy groups -OCH3 is 1. The standard InChI is InChI=1S/C18H16N4O4/c1-25-16(23)9-11-5-2-3-6-12(11)20-17(24)14-10-13(21-18(19)22-14)15-7-4-8-26-15/h2-8,10H,9H2,1H3,(H,20,24)(H2,19,21,22). The minimum atomic E-state index is -0.482. The van der Waals surface area contributed by atoms with Crippen LogP contribution in [0.15, 0.2) is 53.1 Å². The fraction of sp³-hybridized carbons (Fsp3) is 0.111. The van der Waals surface area contributed by atoms with Crippen molar-refractivity contribution in [1.82, 2.24) is 9.97 Å². The van der Waals surface area contributed by atoms with E-state index in [2.05, 4.69) is 20.0 Å². The van der Waals surface area contributed by atoms with Crippen molar-refractivity contribution >= 4 is 23.5 Å². The first-order chi connectivity index (χ1) is 12.6. The number of nitrogens with two attached hydrogens (primary N) is 1. The zero-order valence-electron chi connectivity index (χ0n) is 13.9. The van der Waals surface area contributed by atoms with Gasteiger partial charge in [-0.15, -0.1) is 0 Å². The lowest BCUT2D eigenvalue weighted by Gasteiger charge is -2.10. The van der Waals surface area contributed by atoms with E-state index in [4.69, 9.17) is 10.2 Å². The number of rotatable bonds is 5. The molecule has 2 aromatic heterocycles. The predicted octanol–water partition coefficient (Wildman–Crippen LogP) is 2.29. The zero-order chi connectivity index (χ0) is 18.5. The van der Waals surface area contributed by atoms with E-state index in [-0.39, 0.29) is 18.1 Å². The van der Waals surface area contributed by atoms with Crippen molar-refractivity contribution < 1.29 is 18.7 Å². The second kappa shape index (κ2) is 7.47. The molecule has 26 heavy (non-hydrogen) atoms. The van der Waals surface area contributed by atoms with Gasteiger partial charge in [-0.3, -0.25) is 9.59 Å². The summed E-state index contributed by atoms with van der Waals surface area (Å²) in [5.41, 5.74) is 7.30. The smallest absolute Gasteiger partial charge is 0.310 e. The Morgan fingerprint density at radius 3 is 2.73 bits per heavy atom. The third-order valence-corrected chi connectivity index (χ3v) is 3.58. The Morgan fingerprint density at radius 1 is 1.19 bits per heavy atom. The minimum Gasteiger partial charge on any atom is -0.469 e. The number of para-hydroxylation sites is 1. The second-order valence-electron chi connectivity index (χ2n) is 5.34. The number of benzene rings is 1. The van der Waals surface area contributed by atoms with Crippen molar-refractivity contribution in [2.75, 3.05) is 18.2 Å². The SMILES string of the molecule is COC(=O)Cc1ccccc1NC(=O)c1cc(-c2ccco2)nc(N)n1. The van der Waals surface area contributed by atoms with E-state index in [1.165, 1.54) is 19.4 Å². The third-order valence-electron chi connectivity index (χ3n) is 3.58. The van der Waals surface area contributed by atoms with Gasteiger partial charge in [0.25, 0.3) is 5.91 Å². The molecule has 2 heterocycles. The average molecular weight is 352 g/mol. The van der Waals surface area contributed by atoms with Crippen LogP contribution in [0.3, 0.4) is 0 Å². The number of furan rings is 1. The Labute approximate surface area is 149 Å². The third kappa shape index (κ3) is 3.86. The second-order valence-corrected chi connectivity index (χ2v) is 5.34. The van der Waals surface area contributed by atoms with E-state index in [1.807, 2.05) is 0 Å². The van der Waals surface area contributed by atoms with Crippen LogP contribution in [0.5, 0.6) is 0 Å². The van der Waals surface area contributed by atoms with Gasteiger partial charge in [-0.1, -0.05) is 18.2 Å². The number of nitrogens with zero attached hydrogens (tertiary/aromatic N) is 2. The van der Waals surface area contributed by atoms with Gasteiger partial charge in [-0.05, 0) is 29.8 Å². The van der Waals surface area contributed by atoms with Gasteiger partial charge < -0.3 is 20.2 Å². The summed E-state index contributed by atoms with van der Waals surface area (Å²) in [5.74, 6) is -0.464. The predicted molar refractivity (Wildman–Crippen MR) is 94.3 cm³/mol. The Kier molecular flexibility index (Phi) is 4.93. The van der Waals surface area contributed by atoms with E-state index in [0.717, 1.165) is 0 Å². The van der Waals surface area contributed by atoms with Crippen molar-refractivity contribution in [1.29, 1.82) is 0 Å². The first-order valence-electron chi connectivity index (χ1n) is 7.71. The molecule has 0 unspecified atom stereocenters. The van der Waals surface area contributed by atoms with Crippen LogP contribution in [-0.2, 0) is 16.0 Å². The van der Waals surface area contributed by atoms with Gasteiger partial charge in [0.2, 0.25) is 5.95 Å². The van der Waals surface area contributed by atoms with Gasteiger partial charge in [0, 0.05) is 5.69 Å². The van der Waals surface area contributed by atoms with E-state index < -0.39 is 11.9 Å². The number of hydrogen-bond acceptors (Lipinski definition) is 7. The highest BCUT2D eigenvalue weighted by Crippen LogP contribution is 2.21. The quantitative estimate of drug-likeness (QED) is 0.676. The molecule has 1 amide bonds. The first-order valence-corrected chi connectivity index (χ1v) is 7.71. The summed E-state index contributed by atoms with van der Waals surface area (Å²) >= 11 is 0. The zero-order valence-corrected chi connectivity index (χ0v) is 13.9. The van der Waals surface area contributed by atoms with E-state index >= 15 is 0 Å². The van der Waals surface area contributed by atoms with Crippen LogP contribution in [0.4, 0.5) is 11.6 Å². The average Bonchev–Trinajstić information content (AvgIpc) is 3.17. The van der Waals surface area contributed by atoms with Crippen molar-refractivity contribution in [2.45, 2.75) is 6.42 Å². The fourth-order valence-corrected chi connectivity index (χ4v) is 2.34. The lowest BCUT2D eigenvalue weighted by molar-refractivity contribution is -0.139. The van der Waals surface area contributed by atoms with Crippen LogP contribution in [0.2, 0.25) is 0 Å². The molecule has 0 fully saturated rings. The number of amides is 1. The van der Waals surface area contributed by atoms with Gasteiger partial charge >= 0.3 is 5.97 Å². The summed E-state index contributed by atoms with van der Waals surface area (Å²) in [4.78, 5) is 32.2. The minimum absolute atomic E-state index is 0.0382. The largest absolute Gasteiger partial charge is 0.469 e. The van der Waals surface area contributed by atoms with Gasteiger partial charge in [0.1, 0.15) is 11.4 Å². The molecule has 132 valence electrons. The highest BCUT2D eigenvalue weighted by Gasteiger charge is 2.15. The Bertz CT molecular complexity index is 938. The fourth-order valence-electron chi connectivity index (χ4n) is 2.34. The Hall–Kier alpha value is -3.68. The van der Waals surface area contributed by atoms with Crippen LogP contribution in [0, 0.1) is 0 Å². The highest BCUT2D eigenvalue weighted by atomic mass is 16.5. The summed E-state index contributed by atoms with van der Waals surface area (Å²) in [6.45, 7) is 0. The lowest BCUT2D eigenvalue weighted by Crippen LogP contribution is -2.17. The van der Waals surface area contributed by atoms with Crippen LogP contribution >= 0.6 is 0 Å². The maximum Gasteiger partial charge on any atom is 0.310 e. The number of nitrogen functional groups attached to an aromatic ring is 1. The van der Waals surface area contributed by atoms with Crippen LogP contribution in [-0.4, -0.2) is 29.0 Å². The van der Waals surface area contributed by atoms with Gasteiger partial charge in [-0.2, -0.15) is 0 Å². The number of nitrogens with one attached hydrogen (secondary N) is 1. The molecule has 3 N–H and O–H groups in total. The first kappa shape index (κ1) is 17.2. The van der Waals surface area contributed by atoms with Gasteiger partial charge in [0.15, 0.2) is 5.76 Å². The molecule has 3 rings (SSSR count). The molecule has 0 radical (unpaired) electrons. The number of carbonyl (C=O) groups excluding carboxylic acids is 2. The molecular weight excluding hydrogens is 336 g/mol. The summed E-state index contributed by atoms with van der Waals surface area (Å²) in [5, 5.41) is 2.73. The summed E-state index contributed by atoms with van der Waals surface area (Å²) in [6.07, 6.45) is 1.53. The van der Waals surface area contributed by atoms with Gasteiger partial charge in [0.05, 0.1) is 19.8 Å². The summed E-state index contributed by atoms with van der Waals surface area (Å²) in [6, 6.07) is 11.8. The van der Waals surface area contributed by atoms with E-state index in [0.29, 0.717) is 22.7 Å². The number of esters is 1. The molecule has 3 aromatic rings. The Balaban J connectivity index is 1.86. The number of aromatic nitrogens is 2. The van der Waals surface area contributed by atoms with E-state index in [1.54, 1.807) is 36.4 Å². The molecule has 0 saturated heterocycles. The monoisotopic (exact) mass is 352 g/mol. The molecule has 8 heteroatoms. The van der Waals surface area contributed by atoms with Crippen molar-refractivity contribution in [3.05, 3.63) is 60.0 Å². The Morgan fingerprint density at radius 2 is 2.00 bits per heavy atom. The molecule has 0 aliphatic carbocycles. The number of ether oxygens (including phenoxy) is 1. The van der Waals surface area contributed by atoms with Crippen molar-refractivity contribution in [2.24, 2.45) is 0 Å². The van der Waals surface area contributed by atoms with Gasteiger partial charge in [-0.25, -0.2) is 9.97 Å². The number of hydrogen-bond donors (Lipinski definition) is 2. The number of anilines is 2. The van der Waals surface area contributed by atoms with Crippen LogP contribution in [0.25, 0.3) is 11.5 Å². The molecule has 8 nitrogen and oxygen atoms in total. The maximum atomic E-state index is 12.6. The van der Waals surface area contributed by atoms with Crippen LogP contribution < -0.4 is 11.1 Å². The highest BCUT2D eigenvalue weighted by molar-refractivity contribution is 6.04. The molecule has 0 aliphatic rings. The molecule has 0 aliphatic heterocycles. The lowest BCUT2D eigenvalue weighted by atomic mass is 10.1. The summed E-state index contributed by atoms with van der Waals surface area (Å²) < 4.78 is 9.95. The molecule has 1 aromatic carbocycles. The summed E-state index contributed by atoms with van der Waals surface area (Å²) in [7, 11) is 1.31. The van der Waals surface area contributed by atoms with E-state index in [9.17, 15) is 9.59 Å². The van der Waals surface area contributed by atoms with Crippen LogP contribution in [0.1, 0.15) is 16.1 Å².